The van der Waals surface area contributed by atoms with Crippen LogP contribution in [-0.2, 0) is 0 Å². The Labute approximate surface area is 224 Å². The molecule has 3 heterocycles. The zero-order valence-corrected chi connectivity index (χ0v) is 21.8. The first-order valence-electron chi connectivity index (χ1n) is 13.0. The van der Waals surface area contributed by atoms with Gasteiger partial charge in [-0.05, 0) is 75.4 Å². The third kappa shape index (κ3) is 4.98. The van der Waals surface area contributed by atoms with E-state index in [0.29, 0.717) is 30.1 Å². The van der Waals surface area contributed by atoms with Crippen LogP contribution in [0.1, 0.15) is 60.6 Å². The van der Waals surface area contributed by atoms with E-state index in [1.54, 1.807) is 6.20 Å². The van der Waals surface area contributed by atoms with E-state index >= 15 is 0 Å². The molecule has 2 fully saturated rings. The van der Waals surface area contributed by atoms with Gasteiger partial charge in [0.2, 0.25) is 5.95 Å². The molecule has 2 N–H and O–H groups in total. The Morgan fingerprint density at radius 2 is 1.92 bits per heavy atom. The van der Waals surface area contributed by atoms with E-state index in [0.717, 1.165) is 46.8 Å². The van der Waals surface area contributed by atoms with Crippen LogP contribution in [0.15, 0.2) is 42.7 Å². The summed E-state index contributed by atoms with van der Waals surface area (Å²) in [7, 11) is 0. The highest BCUT2D eigenvalue weighted by Crippen LogP contribution is 2.38. The Morgan fingerprint density at radius 1 is 1.13 bits per heavy atom. The fourth-order valence-corrected chi connectivity index (χ4v) is 5.67. The number of hydrogen-bond acceptors (Lipinski definition) is 6. The van der Waals surface area contributed by atoms with Crippen LogP contribution in [0.25, 0.3) is 10.9 Å². The zero-order chi connectivity index (χ0) is 26.4. The zero-order valence-electron chi connectivity index (χ0n) is 21.0. The van der Waals surface area contributed by atoms with Crippen LogP contribution in [-0.4, -0.2) is 49.4 Å². The highest BCUT2D eigenvalue weighted by Gasteiger charge is 2.27. The summed E-state index contributed by atoms with van der Waals surface area (Å²) in [5, 5.41) is 19.9. The molecule has 7 nitrogen and oxygen atoms in total. The van der Waals surface area contributed by atoms with Crippen molar-refractivity contribution in [2.24, 2.45) is 0 Å². The number of fused-ring (bicyclic) bond motifs is 1. The van der Waals surface area contributed by atoms with Crippen LogP contribution in [0.4, 0.5) is 20.4 Å². The third-order valence-electron chi connectivity index (χ3n) is 7.68. The fraction of sp³-hybridized carbons (Fsp3) is 0.393. The number of rotatable bonds is 7. The lowest BCUT2D eigenvalue weighted by molar-refractivity contribution is 0.0942. The van der Waals surface area contributed by atoms with Crippen molar-refractivity contribution in [3.63, 3.8) is 0 Å². The molecule has 1 aliphatic carbocycles. The number of β-amino-alcohol motifs (C(OH)–C–C–N with tert-alkyl or cyclic N) is 1. The Balaban J connectivity index is 1.14. The molecule has 0 radical (unpaired) electrons. The normalized spacial score (nSPS) is 17.7. The number of anilines is 2. The number of aliphatic hydroxyl groups is 1. The van der Waals surface area contributed by atoms with Gasteiger partial charge in [0.05, 0.1) is 35.2 Å². The minimum atomic E-state index is -1.09. The van der Waals surface area contributed by atoms with Gasteiger partial charge in [-0.2, -0.15) is 5.10 Å². The number of nitrogens with one attached hydrogen (secondary N) is 1. The SMILES string of the molecule is Cc1c(Nc2ncc3cc(Cl)c(C4CCN(C[C@@H](O)c5cccc(F)c5F)CC4)cc3n2)cnn1C1CC1. The van der Waals surface area contributed by atoms with Gasteiger partial charge >= 0.3 is 0 Å². The summed E-state index contributed by atoms with van der Waals surface area (Å²) in [6, 6.07) is 8.36. The number of likely N-dealkylation sites (tertiary alicyclic amines) is 1. The molecule has 0 bridgehead atoms. The summed E-state index contributed by atoms with van der Waals surface area (Å²) in [6.07, 6.45) is 6.51. The van der Waals surface area contributed by atoms with Gasteiger partial charge in [-0.1, -0.05) is 23.7 Å². The van der Waals surface area contributed by atoms with Crippen molar-refractivity contribution in [2.75, 3.05) is 25.0 Å². The van der Waals surface area contributed by atoms with Crippen molar-refractivity contribution < 1.29 is 13.9 Å². The maximum atomic E-state index is 14.1. The smallest absolute Gasteiger partial charge is 0.227 e. The number of aromatic nitrogens is 4. The van der Waals surface area contributed by atoms with Crippen LogP contribution < -0.4 is 5.32 Å². The van der Waals surface area contributed by atoms with Crippen molar-refractivity contribution in [2.45, 2.75) is 50.7 Å². The minimum absolute atomic E-state index is 0.0103. The molecular formula is C28H29ClF2N6O. The Morgan fingerprint density at radius 3 is 2.68 bits per heavy atom. The van der Waals surface area contributed by atoms with Crippen LogP contribution >= 0.6 is 11.6 Å². The lowest BCUT2D eigenvalue weighted by Crippen LogP contribution is -2.36. The van der Waals surface area contributed by atoms with Crippen molar-refractivity contribution >= 4 is 34.1 Å². The summed E-state index contributed by atoms with van der Waals surface area (Å²) in [6.45, 7) is 3.73. The van der Waals surface area contributed by atoms with Crippen LogP contribution in [0.3, 0.4) is 0 Å². The second-order valence-electron chi connectivity index (χ2n) is 10.3. The molecule has 0 spiro atoms. The molecule has 1 saturated carbocycles. The predicted octanol–water partition coefficient (Wildman–Crippen LogP) is 6.06. The summed E-state index contributed by atoms with van der Waals surface area (Å²) in [5.41, 5.74) is 3.82. The molecule has 1 atom stereocenters. The van der Waals surface area contributed by atoms with Crippen LogP contribution in [0.2, 0.25) is 5.02 Å². The molecule has 10 heteroatoms. The monoisotopic (exact) mass is 538 g/mol. The highest BCUT2D eigenvalue weighted by molar-refractivity contribution is 6.32. The lowest BCUT2D eigenvalue weighted by Gasteiger charge is -2.33. The van der Waals surface area contributed by atoms with E-state index in [9.17, 15) is 13.9 Å². The fourth-order valence-electron chi connectivity index (χ4n) is 5.34. The summed E-state index contributed by atoms with van der Waals surface area (Å²) in [5.74, 6) is -1.19. The van der Waals surface area contributed by atoms with Gasteiger partial charge in [0.15, 0.2) is 11.6 Å². The second kappa shape index (κ2) is 10.2. The Kier molecular flexibility index (Phi) is 6.75. The van der Waals surface area contributed by atoms with E-state index < -0.39 is 17.7 Å². The quantitative estimate of drug-likeness (QED) is 0.298. The van der Waals surface area contributed by atoms with E-state index in [1.165, 1.54) is 25.0 Å². The maximum Gasteiger partial charge on any atom is 0.227 e. The van der Waals surface area contributed by atoms with E-state index in [2.05, 4.69) is 25.0 Å². The first-order valence-corrected chi connectivity index (χ1v) is 13.4. The van der Waals surface area contributed by atoms with Gasteiger partial charge in [-0.25, -0.2) is 18.7 Å². The van der Waals surface area contributed by atoms with Crippen molar-refractivity contribution in [3.8, 4) is 0 Å². The molecule has 0 unspecified atom stereocenters. The van der Waals surface area contributed by atoms with E-state index in [4.69, 9.17) is 16.6 Å². The third-order valence-corrected chi connectivity index (χ3v) is 8.01. The Hall–Kier alpha value is -3.14. The molecule has 1 aliphatic heterocycles. The molecule has 38 heavy (non-hydrogen) atoms. The topological polar surface area (TPSA) is 79.1 Å². The second-order valence-corrected chi connectivity index (χ2v) is 10.7. The number of nitrogens with zero attached hydrogens (tertiary/aromatic N) is 5. The number of hydrogen-bond donors (Lipinski definition) is 2. The molecule has 6 rings (SSSR count). The van der Waals surface area contributed by atoms with Gasteiger partial charge < -0.3 is 15.3 Å². The number of halogens is 3. The molecule has 1 saturated heterocycles. The van der Waals surface area contributed by atoms with Crippen molar-refractivity contribution in [3.05, 3.63) is 76.2 Å². The average Bonchev–Trinajstić information content (AvgIpc) is 3.69. The highest BCUT2D eigenvalue weighted by atomic mass is 35.5. The number of piperidine rings is 1. The largest absolute Gasteiger partial charge is 0.387 e. The van der Waals surface area contributed by atoms with Crippen molar-refractivity contribution in [1.29, 1.82) is 0 Å². The number of benzene rings is 2. The standard InChI is InChI=1S/C28H29ClF2N6O/c1-16-25(14-33-37(16)19-5-6-19)35-28-32-13-18-11-22(29)21(12-24(18)34-28)17-7-9-36(10-8-17)15-26(38)20-3-2-4-23(30)27(20)31/h2-4,11-14,17,19,26,38H,5-10,15H2,1H3,(H,32,34,35)/t26-/m1/s1. The molecule has 2 aliphatic rings. The number of aliphatic hydroxyl groups excluding tert-OH is 1. The molecule has 2 aromatic heterocycles. The maximum absolute atomic E-state index is 14.1. The summed E-state index contributed by atoms with van der Waals surface area (Å²) in [4.78, 5) is 11.3. The van der Waals surface area contributed by atoms with Crippen LogP contribution in [0, 0.1) is 18.6 Å². The molecule has 198 valence electrons. The van der Waals surface area contributed by atoms with Gasteiger partial charge in [0.25, 0.3) is 0 Å². The van der Waals surface area contributed by atoms with E-state index in [1.807, 2.05) is 25.3 Å². The Bertz CT molecular complexity index is 1480. The van der Waals surface area contributed by atoms with Gasteiger partial charge in [0, 0.05) is 28.7 Å². The molecular weight excluding hydrogens is 510 g/mol. The average molecular weight is 539 g/mol. The first kappa shape index (κ1) is 25.2. The molecule has 0 amide bonds. The minimum Gasteiger partial charge on any atom is -0.387 e. The van der Waals surface area contributed by atoms with Gasteiger partial charge in [0.1, 0.15) is 0 Å². The summed E-state index contributed by atoms with van der Waals surface area (Å²) < 4.78 is 29.7. The lowest BCUT2D eigenvalue weighted by atomic mass is 9.88. The predicted molar refractivity (Wildman–Crippen MR) is 143 cm³/mol. The van der Waals surface area contributed by atoms with Crippen LogP contribution in [0.5, 0.6) is 0 Å². The van der Waals surface area contributed by atoms with E-state index in [-0.39, 0.29) is 18.0 Å². The van der Waals surface area contributed by atoms with Crippen molar-refractivity contribution in [1.82, 2.24) is 24.6 Å². The van der Waals surface area contributed by atoms with Gasteiger partial charge in [-0.3, -0.25) is 4.68 Å². The molecule has 4 aromatic rings. The van der Waals surface area contributed by atoms with Gasteiger partial charge in [-0.15, -0.1) is 0 Å². The first-order chi connectivity index (χ1) is 18.4. The summed E-state index contributed by atoms with van der Waals surface area (Å²) >= 11 is 6.69. The molecule has 2 aromatic carbocycles.